The molecule has 200 valence electrons. The number of fused-ring (bicyclic) bond motifs is 4. The van der Waals surface area contributed by atoms with Gasteiger partial charge in [-0.15, -0.1) is 0 Å². The maximum atomic E-state index is 13.6. The minimum absolute atomic E-state index is 0.101. The Hall–Kier alpha value is -3.76. The number of hydrogen-bond donors (Lipinski definition) is 2. The normalized spacial score (nSPS) is 20.8. The molecule has 0 aliphatic carbocycles. The third-order valence-corrected chi connectivity index (χ3v) is 6.67. The Morgan fingerprint density at radius 3 is 2.45 bits per heavy atom. The highest BCUT2D eigenvalue weighted by Gasteiger charge is 2.31. The van der Waals surface area contributed by atoms with E-state index in [-0.39, 0.29) is 24.3 Å². The van der Waals surface area contributed by atoms with Crippen LogP contribution < -0.4 is 15.2 Å². The van der Waals surface area contributed by atoms with Gasteiger partial charge in [0.25, 0.3) is 5.91 Å². The van der Waals surface area contributed by atoms with Crippen LogP contribution in [0.2, 0.25) is 0 Å². The molecule has 3 N–H and O–H groups in total. The lowest BCUT2D eigenvalue weighted by molar-refractivity contribution is -0.150. The van der Waals surface area contributed by atoms with Crippen molar-refractivity contribution in [3.05, 3.63) is 100 Å². The molecule has 1 amide bonds. The Kier molecular flexibility index (Phi) is 7.84. The molecular weight excluding hydrogens is 511 g/mol. The lowest BCUT2D eigenvalue weighted by Crippen LogP contribution is -2.48. The minimum atomic E-state index is -3.89. The van der Waals surface area contributed by atoms with E-state index in [1.807, 2.05) is 24.3 Å². The molecule has 38 heavy (non-hydrogen) atoms. The molecule has 0 saturated heterocycles. The molecular formula is C28H29FN2O6S. The van der Waals surface area contributed by atoms with E-state index in [0.717, 1.165) is 17.4 Å². The Balaban J connectivity index is 1.76. The number of hydrogen-bond acceptors (Lipinski definition) is 7. The van der Waals surface area contributed by atoms with Crippen LogP contribution in [0.25, 0.3) is 0 Å². The number of carbonyl (C=O) groups is 2. The van der Waals surface area contributed by atoms with Gasteiger partial charge >= 0.3 is 16.1 Å². The number of cyclic esters (lactones) is 1. The van der Waals surface area contributed by atoms with E-state index in [1.54, 1.807) is 19.1 Å². The van der Waals surface area contributed by atoms with Crippen molar-refractivity contribution in [1.82, 2.24) is 5.32 Å². The summed E-state index contributed by atoms with van der Waals surface area (Å²) in [6.45, 7) is 1.33. The van der Waals surface area contributed by atoms with Gasteiger partial charge in [-0.1, -0.05) is 36.4 Å². The van der Waals surface area contributed by atoms with Crippen LogP contribution >= 0.6 is 0 Å². The maximum absolute atomic E-state index is 13.6. The molecule has 2 unspecified atom stereocenters. The number of amides is 1. The van der Waals surface area contributed by atoms with Gasteiger partial charge < -0.3 is 20.0 Å². The van der Waals surface area contributed by atoms with Gasteiger partial charge in [-0.05, 0) is 72.4 Å². The second kappa shape index (κ2) is 10.9. The van der Waals surface area contributed by atoms with Gasteiger partial charge in [0.2, 0.25) is 0 Å². The van der Waals surface area contributed by atoms with E-state index in [0.29, 0.717) is 24.0 Å². The molecule has 0 radical (unpaired) electrons. The average Bonchev–Trinajstić information content (AvgIpc) is 2.83. The highest BCUT2D eigenvalue weighted by Crippen LogP contribution is 2.25. The number of benzene rings is 3. The SMILES string of the molecule is CC1(N)Cc2cccc(c2)CCC(c2ccc(F)cc2)NC(=O)c2cc(cc(OS(C)(=O)=O)c2)COC1=O. The molecule has 3 aromatic rings. The molecule has 0 saturated carbocycles. The van der Waals surface area contributed by atoms with Gasteiger partial charge in [-0.25, -0.2) is 4.39 Å². The summed E-state index contributed by atoms with van der Waals surface area (Å²) >= 11 is 0. The monoisotopic (exact) mass is 540 g/mol. The van der Waals surface area contributed by atoms with Gasteiger partial charge in [-0.2, -0.15) is 8.42 Å². The summed E-state index contributed by atoms with van der Waals surface area (Å²) in [5.74, 6) is -1.64. The molecule has 1 aliphatic heterocycles. The molecule has 2 atom stereocenters. The fourth-order valence-electron chi connectivity index (χ4n) is 4.37. The van der Waals surface area contributed by atoms with Crippen molar-refractivity contribution in [2.75, 3.05) is 6.26 Å². The van der Waals surface area contributed by atoms with Crippen LogP contribution in [0.4, 0.5) is 4.39 Å². The van der Waals surface area contributed by atoms with Crippen LogP contribution in [-0.2, 0) is 39.1 Å². The largest absolute Gasteiger partial charge is 0.459 e. The standard InChI is InChI=1S/C28H29FN2O6S/c1-28(30)16-19-5-3-4-18(12-19)6-11-25(21-7-9-23(29)10-8-21)31-26(32)22-13-20(17-36-27(28)33)14-24(15-22)37-38(2,34)35/h3-5,7-10,12-15,25H,6,11,16-17,30H2,1-2H3,(H,31,32). The zero-order valence-electron chi connectivity index (χ0n) is 21.1. The lowest BCUT2D eigenvalue weighted by atomic mass is 9.91. The Morgan fingerprint density at radius 2 is 1.74 bits per heavy atom. The predicted molar refractivity (Wildman–Crippen MR) is 139 cm³/mol. The summed E-state index contributed by atoms with van der Waals surface area (Å²) in [6.07, 6.45) is 2.19. The number of rotatable bonds is 3. The van der Waals surface area contributed by atoms with Crippen molar-refractivity contribution in [3.8, 4) is 5.75 Å². The zero-order chi connectivity index (χ0) is 27.5. The van der Waals surface area contributed by atoms with E-state index in [1.165, 1.54) is 30.3 Å². The van der Waals surface area contributed by atoms with E-state index in [9.17, 15) is 22.4 Å². The summed E-state index contributed by atoms with van der Waals surface area (Å²) in [7, 11) is -3.89. The van der Waals surface area contributed by atoms with E-state index in [4.69, 9.17) is 14.7 Å². The smallest absolute Gasteiger partial charge is 0.326 e. The van der Waals surface area contributed by atoms with Crippen LogP contribution in [-0.4, -0.2) is 32.1 Å². The van der Waals surface area contributed by atoms with Crippen molar-refractivity contribution in [1.29, 1.82) is 0 Å². The second-order valence-corrected chi connectivity index (χ2v) is 11.3. The molecule has 0 aromatic heterocycles. The van der Waals surface area contributed by atoms with Crippen molar-refractivity contribution < 1.29 is 31.3 Å². The fraction of sp³-hybridized carbons (Fsp3) is 0.286. The molecule has 4 bridgehead atoms. The summed E-state index contributed by atoms with van der Waals surface area (Å²) in [5.41, 5.74) is 7.98. The van der Waals surface area contributed by atoms with Crippen molar-refractivity contribution in [2.24, 2.45) is 5.73 Å². The maximum Gasteiger partial charge on any atom is 0.326 e. The minimum Gasteiger partial charge on any atom is -0.459 e. The molecule has 8 nitrogen and oxygen atoms in total. The number of halogens is 1. The predicted octanol–water partition coefficient (Wildman–Crippen LogP) is 3.58. The first-order chi connectivity index (χ1) is 17.9. The summed E-state index contributed by atoms with van der Waals surface area (Å²) in [5, 5.41) is 2.97. The Labute approximate surface area is 221 Å². The van der Waals surface area contributed by atoms with Crippen LogP contribution in [0.1, 0.15) is 52.0 Å². The number of nitrogens with two attached hydrogens (primary N) is 1. The van der Waals surface area contributed by atoms with Crippen molar-refractivity contribution >= 4 is 22.0 Å². The zero-order valence-corrected chi connectivity index (χ0v) is 21.9. The molecule has 1 aliphatic rings. The summed E-state index contributed by atoms with van der Waals surface area (Å²) in [4.78, 5) is 26.2. The number of carbonyl (C=O) groups excluding carboxylic acids is 2. The van der Waals surface area contributed by atoms with Crippen LogP contribution in [0.5, 0.6) is 5.75 Å². The quantitative estimate of drug-likeness (QED) is 0.384. The van der Waals surface area contributed by atoms with Gasteiger partial charge in [0.15, 0.2) is 0 Å². The van der Waals surface area contributed by atoms with Crippen LogP contribution in [0.3, 0.4) is 0 Å². The summed E-state index contributed by atoms with van der Waals surface area (Å²) in [6, 6.07) is 17.2. The van der Waals surface area contributed by atoms with Crippen molar-refractivity contribution in [2.45, 2.75) is 44.4 Å². The fourth-order valence-corrected chi connectivity index (χ4v) is 4.82. The van der Waals surface area contributed by atoms with Gasteiger partial charge in [0, 0.05) is 12.0 Å². The molecule has 1 heterocycles. The van der Waals surface area contributed by atoms with Gasteiger partial charge in [0.05, 0.1) is 12.3 Å². The third kappa shape index (κ3) is 7.17. The number of esters is 1. The topological polar surface area (TPSA) is 125 Å². The van der Waals surface area contributed by atoms with E-state index < -0.39 is 39.4 Å². The number of aryl methyl sites for hydroxylation is 1. The molecule has 0 spiro atoms. The second-order valence-electron chi connectivity index (χ2n) is 9.76. The van der Waals surface area contributed by atoms with Gasteiger partial charge in [-0.3, -0.25) is 9.59 Å². The average molecular weight is 541 g/mol. The Morgan fingerprint density at radius 1 is 1.03 bits per heavy atom. The molecule has 3 aromatic carbocycles. The summed E-state index contributed by atoms with van der Waals surface area (Å²) < 4.78 is 47.6. The lowest BCUT2D eigenvalue weighted by Gasteiger charge is -2.24. The van der Waals surface area contributed by atoms with Crippen molar-refractivity contribution in [3.63, 3.8) is 0 Å². The van der Waals surface area contributed by atoms with Crippen LogP contribution in [0.15, 0.2) is 66.7 Å². The Bertz CT molecular complexity index is 1450. The number of ether oxygens (including phenoxy) is 1. The molecule has 0 fully saturated rings. The third-order valence-electron chi connectivity index (χ3n) is 6.17. The van der Waals surface area contributed by atoms with E-state index >= 15 is 0 Å². The van der Waals surface area contributed by atoms with Crippen LogP contribution in [0, 0.1) is 5.82 Å². The highest BCUT2D eigenvalue weighted by atomic mass is 32.2. The first kappa shape index (κ1) is 27.3. The molecule has 4 rings (SSSR count). The number of nitrogens with one attached hydrogen (secondary N) is 1. The first-order valence-corrected chi connectivity index (χ1v) is 13.8. The highest BCUT2D eigenvalue weighted by molar-refractivity contribution is 7.86. The van der Waals surface area contributed by atoms with Gasteiger partial charge in [0.1, 0.15) is 23.7 Å². The van der Waals surface area contributed by atoms with E-state index in [2.05, 4.69) is 5.32 Å². The first-order valence-electron chi connectivity index (χ1n) is 12.0. The molecule has 10 heteroatoms.